The molecule has 21 heavy (non-hydrogen) atoms. The Morgan fingerprint density at radius 3 is 2.62 bits per heavy atom. The van der Waals surface area contributed by atoms with Crippen LogP contribution in [0.2, 0.25) is 0 Å². The maximum Gasteiger partial charge on any atom is 0.240 e. The Bertz CT molecular complexity index is 410. The first-order chi connectivity index (χ1) is 10.2. The van der Waals surface area contributed by atoms with Gasteiger partial charge in [0, 0.05) is 12.6 Å². The molecule has 5 heteroatoms. The summed E-state index contributed by atoms with van der Waals surface area (Å²) < 4.78 is 0. The second kappa shape index (κ2) is 8.04. The third-order valence-electron chi connectivity index (χ3n) is 4.49. The Labute approximate surface area is 126 Å². The highest BCUT2D eigenvalue weighted by Gasteiger charge is 2.32. The van der Waals surface area contributed by atoms with Crippen LogP contribution in [0.25, 0.3) is 0 Å². The summed E-state index contributed by atoms with van der Waals surface area (Å²) >= 11 is 0. The van der Waals surface area contributed by atoms with Gasteiger partial charge in [0.25, 0.3) is 0 Å². The topological polar surface area (TPSA) is 61.4 Å². The number of carbonyl (C=O) groups excluding carboxylic acids is 2. The van der Waals surface area contributed by atoms with Gasteiger partial charge in [-0.3, -0.25) is 14.5 Å². The molecule has 0 radical (unpaired) electrons. The van der Waals surface area contributed by atoms with Crippen LogP contribution in [-0.2, 0) is 9.59 Å². The highest BCUT2D eigenvalue weighted by Crippen LogP contribution is 2.27. The number of likely N-dealkylation sites (tertiary alicyclic amines) is 1. The second-order valence-corrected chi connectivity index (χ2v) is 5.97. The predicted octanol–water partition coefficient (Wildman–Crippen LogP) is 0.507. The number of terminal acetylenes is 1. The third kappa shape index (κ3) is 4.75. The minimum absolute atomic E-state index is 0.0100. The standard InChI is InChI=1S/C16H25N3O2/c1-2-9-17-15(20)11-18-16(21)13-8-10-19(12-13)14-6-4-3-5-7-14/h1,13-14H,3-12H2,(H,17,20)(H,18,21). The van der Waals surface area contributed by atoms with E-state index in [1.54, 1.807) is 0 Å². The largest absolute Gasteiger partial charge is 0.347 e. The van der Waals surface area contributed by atoms with Crippen molar-refractivity contribution in [1.82, 2.24) is 15.5 Å². The lowest BCUT2D eigenvalue weighted by atomic mass is 9.94. The van der Waals surface area contributed by atoms with Crippen molar-refractivity contribution in [2.24, 2.45) is 5.92 Å². The van der Waals surface area contributed by atoms with Crippen molar-refractivity contribution in [1.29, 1.82) is 0 Å². The molecule has 2 aliphatic rings. The highest BCUT2D eigenvalue weighted by atomic mass is 16.2. The van der Waals surface area contributed by atoms with Crippen molar-refractivity contribution >= 4 is 11.8 Å². The number of amides is 2. The molecule has 1 unspecified atom stereocenters. The molecule has 2 rings (SSSR count). The fraction of sp³-hybridized carbons (Fsp3) is 0.750. The van der Waals surface area contributed by atoms with Gasteiger partial charge in [0.1, 0.15) is 0 Å². The maximum absolute atomic E-state index is 12.1. The molecule has 2 amide bonds. The first-order valence-corrected chi connectivity index (χ1v) is 7.92. The zero-order valence-electron chi connectivity index (χ0n) is 12.6. The Morgan fingerprint density at radius 2 is 1.90 bits per heavy atom. The van der Waals surface area contributed by atoms with Crippen molar-refractivity contribution in [2.75, 3.05) is 26.2 Å². The minimum Gasteiger partial charge on any atom is -0.347 e. The van der Waals surface area contributed by atoms with Crippen LogP contribution in [0.1, 0.15) is 38.5 Å². The van der Waals surface area contributed by atoms with Gasteiger partial charge >= 0.3 is 0 Å². The van der Waals surface area contributed by atoms with E-state index in [1.165, 1.54) is 32.1 Å². The van der Waals surface area contributed by atoms with Crippen LogP contribution >= 0.6 is 0 Å². The SMILES string of the molecule is C#CCNC(=O)CNC(=O)C1CCN(C2CCCCC2)C1. The van der Waals surface area contributed by atoms with E-state index in [-0.39, 0.29) is 30.8 Å². The van der Waals surface area contributed by atoms with Crippen LogP contribution in [0.3, 0.4) is 0 Å². The van der Waals surface area contributed by atoms with Gasteiger partial charge in [0.15, 0.2) is 0 Å². The molecule has 5 nitrogen and oxygen atoms in total. The predicted molar refractivity (Wildman–Crippen MR) is 81.4 cm³/mol. The van der Waals surface area contributed by atoms with Gasteiger partial charge in [-0.1, -0.05) is 25.2 Å². The lowest BCUT2D eigenvalue weighted by Gasteiger charge is -2.30. The van der Waals surface area contributed by atoms with Crippen LogP contribution in [-0.4, -0.2) is 48.9 Å². The van der Waals surface area contributed by atoms with Crippen LogP contribution in [0.4, 0.5) is 0 Å². The van der Waals surface area contributed by atoms with Gasteiger partial charge in [-0.2, -0.15) is 0 Å². The second-order valence-electron chi connectivity index (χ2n) is 5.97. The van der Waals surface area contributed by atoms with Gasteiger partial charge in [-0.05, 0) is 25.8 Å². The molecule has 0 aromatic carbocycles. The third-order valence-corrected chi connectivity index (χ3v) is 4.49. The summed E-state index contributed by atoms with van der Waals surface area (Å²) in [6.07, 6.45) is 12.5. The van der Waals surface area contributed by atoms with E-state index in [1.807, 2.05) is 0 Å². The van der Waals surface area contributed by atoms with E-state index in [0.29, 0.717) is 6.04 Å². The zero-order chi connectivity index (χ0) is 15.1. The van der Waals surface area contributed by atoms with E-state index in [4.69, 9.17) is 6.42 Å². The molecule has 0 aromatic rings. The van der Waals surface area contributed by atoms with Gasteiger partial charge in [0.05, 0.1) is 19.0 Å². The van der Waals surface area contributed by atoms with E-state index in [9.17, 15) is 9.59 Å². The Morgan fingerprint density at radius 1 is 1.14 bits per heavy atom. The molecule has 1 aliphatic carbocycles. The van der Waals surface area contributed by atoms with E-state index < -0.39 is 0 Å². The Kier molecular flexibility index (Phi) is 6.06. The Hall–Kier alpha value is -1.54. The van der Waals surface area contributed by atoms with Gasteiger partial charge in [-0.25, -0.2) is 0 Å². The summed E-state index contributed by atoms with van der Waals surface area (Å²) in [5.74, 6) is 2.11. The van der Waals surface area contributed by atoms with E-state index in [0.717, 1.165) is 19.5 Å². The van der Waals surface area contributed by atoms with E-state index >= 15 is 0 Å². The van der Waals surface area contributed by atoms with E-state index in [2.05, 4.69) is 21.5 Å². The first kappa shape index (κ1) is 15.8. The van der Waals surface area contributed by atoms with Crippen molar-refractivity contribution in [3.05, 3.63) is 0 Å². The summed E-state index contributed by atoms with van der Waals surface area (Å²) in [5.41, 5.74) is 0. The normalized spacial score (nSPS) is 23.5. The number of nitrogens with one attached hydrogen (secondary N) is 2. The van der Waals surface area contributed by atoms with Crippen LogP contribution in [0.5, 0.6) is 0 Å². The average Bonchev–Trinajstić information content (AvgIpc) is 3.01. The van der Waals surface area contributed by atoms with Crippen molar-refractivity contribution in [3.63, 3.8) is 0 Å². The lowest BCUT2D eigenvalue weighted by molar-refractivity contribution is -0.128. The number of hydrogen-bond acceptors (Lipinski definition) is 3. The van der Waals surface area contributed by atoms with Crippen molar-refractivity contribution in [2.45, 2.75) is 44.6 Å². The van der Waals surface area contributed by atoms with Crippen LogP contribution in [0, 0.1) is 18.3 Å². The van der Waals surface area contributed by atoms with Crippen LogP contribution in [0.15, 0.2) is 0 Å². The number of hydrogen-bond donors (Lipinski definition) is 2. The molecule has 1 heterocycles. The quantitative estimate of drug-likeness (QED) is 0.726. The molecule has 0 bridgehead atoms. The first-order valence-electron chi connectivity index (χ1n) is 7.92. The number of carbonyl (C=O) groups is 2. The fourth-order valence-corrected chi connectivity index (χ4v) is 3.30. The smallest absolute Gasteiger partial charge is 0.240 e. The fourth-order valence-electron chi connectivity index (χ4n) is 3.30. The molecule has 1 atom stereocenters. The highest BCUT2D eigenvalue weighted by molar-refractivity contribution is 5.86. The van der Waals surface area contributed by atoms with Gasteiger partial charge < -0.3 is 10.6 Å². The number of nitrogens with zero attached hydrogens (tertiary/aromatic N) is 1. The molecule has 1 saturated heterocycles. The Balaban J connectivity index is 1.69. The summed E-state index contributed by atoms with van der Waals surface area (Å²) in [4.78, 5) is 26.0. The molecule has 2 N–H and O–H groups in total. The molecule has 0 spiro atoms. The molecule has 0 aromatic heterocycles. The molecule has 1 aliphatic heterocycles. The zero-order valence-corrected chi connectivity index (χ0v) is 12.6. The molecule has 116 valence electrons. The summed E-state index contributed by atoms with van der Waals surface area (Å²) in [6, 6.07) is 0.662. The van der Waals surface area contributed by atoms with Gasteiger partial charge in [-0.15, -0.1) is 6.42 Å². The average molecular weight is 291 g/mol. The molecular formula is C16H25N3O2. The molecular weight excluding hydrogens is 266 g/mol. The summed E-state index contributed by atoms with van der Waals surface area (Å²) in [5, 5.41) is 5.25. The molecule has 1 saturated carbocycles. The van der Waals surface area contributed by atoms with Crippen LogP contribution < -0.4 is 10.6 Å². The van der Waals surface area contributed by atoms with Crippen molar-refractivity contribution < 1.29 is 9.59 Å². The van der Waals surface area contributed by atoms with Gasteiger partial charge in [0.2, 0.25) is 11.8 Å². The summed E-state index contributed by atoms with van der Waals surface area (Å²) in [7, 11) is 0. The maximum atomic E-state index is 12.1. The monoisotopic (exact) mass is 291 g/mol. The lowest BCUT2D eigenvalue weighted by Crippen LogP contribution is -2.41. The molecule has 2 fully saturated rings. The summed E-state index contributed by atoms with van der Waals surface area (Å²) in [6.45, 7) is 2.06. The number of rotatable bonds is 5. The minimum atomic E-state index is -0.233. The van der Waals surface area contributed by atoms with Crippen molar-refractivity contribution in [3.8, 4) is 12.3 Å².